The standard InChI is InChI=1S/C16H26N2O2/c1-13(12-16(19)18-10-6-5-9-17)11-14-7-3-4-8-15(14)20-2/h3-4,7-8,13H,5-6,9-12,17H2,1-2H3,(H,18,19). The first-order chi connectivity index (χ1) is 9.67. The predicted octanol–water partition coefficient (Wildman–Crippen LogP) is 2.12. The van der Waals surface area contributed by atoms with E-state index in [4.69, 9.17) is 10.5 Å². The van der Waals surface area contributed by atoms with Crippen molar-refractivity contribution in [2.24, 2.45) is 11.7 Å². The van der Waals surface area contributed by atoms with Crippen LogP contribution in [-0.4, -0.2) is 26.1 Å². The van der Waals surface area contributed by atoms with Gasteiger partial charge in [0.25, 0.3) is 0 Å². The first kappa shape index (κ1) is 16.5. The van der Waals surface area contributed by atoms with Gasteiger partial charge in [-0.2, -0.15) is 0 Å². The van der Waals surface area contributed by atoms with E-state index in [0.29, 0.717) is 18.9 Å². The third-order valence-corrected chi connectivity index (χ3v) is 3.25. The first-order valence-corrected chi connectivity index (χ1v) is 7.26. The number of unbranched alkanes of at least 4 members (excludes halogenated alkanes) is 1. The molecule has 0 heterocycles. The van der Waals surface area contributed by atoms with Crippen LogP contribution in [0.25, 0.3) is 0 Å². The fourth-order valence-corrected chi connectivity index (χ4v) is 2.20. The second-order valence-corrected chi connectivity index (χ2v) is 5.17. The highest BCUT2D eigenvalue weighted by molar-refractivity contribution is 5.76. The maximum Gasteiger partial charge on any atom is 0.220 e. The fraction of sp³-hybridized carbons (Fsp3) is 0.562. The van der Waals surface area contributed by atoms with Crippen LogP contribution in [-0.2, 0) is 11.2 Å². The molecular weight excluding hydrogens is 252 g/mol. The third kappa shape index (κ3) is 6.06. The summed E-state index contributed by atoms with van der Waals surface area (Å²) < 4.78 is 5.33. The molecule has 0 fully saturated rings. The van der Waals surface area contributed by atoms with Crippen LogP contribution in [0.1, 0.15) is 31.7 Å². The average Bonchev–Trinajstić information content (AvgIpc) is 2.44. The Labute approximate surface area is 121 Å². The molecule has 0 saturated heterocycles. The Morgan fingerprint density at radius 2 is 2.10 bits per heavy atom. The molecule has 0 bridgehead atoms. The van der Waals surface area contributed by atoms with Crippen LogP contribution < -0.4 is 15.8 Å². The summed E-state index contributed by atoms with van der Waals surface area (Å²) in [6, 6.07) is 7.96. The van der Waals surface area contributed by atoms with Gasteiger partial charge < -0.3 is 15.8 Å². The molecule has 3 N–H and O–H groups in total. The third-order valence-electron chi connectivity index (χ3n) is 3.25. The highest BCUT2D eigenvalue weighted by atomic mass is 16.5. The summed E-state index contributed by atoms with van der Waals surface area (Å²) in [6.45, 7) is 3.49. The SMILES string of the molecule is COc1ccccc1CC(C)CC(=O)NCCCCN. The van der Waals surface area contributed by atoms with Crippen molar-refractivity contribution in [3.05, 3.63) is 29.8 Å². The van der Waals surface area contributed by atoms with Crippen molar-refractivity contribution < 1.29 is 9.53 Å². The van der Waals surface area contributed by atoms with E-state index in [1.807, 2.05) is 18.2 Å². The fourth-order valence-electron chi connectivity index (χ4n) is 2.20. The van der Waals surface area contributed by atoms with E-state index < -0.39 is 0 Å². The number of hydrogen-bond donors (Lipinski definition) is 2. The monoisotopic (exact) mass is 278 g/mol. The molecule has 1 aromatic rings. The van der Waals surface area contributed by atoms with Crippen molar-refractivity contribution >= 4 is 5.91 Å². The quantitative estimate of drug-likeness (QED) is 0.680. The number of amides is 1. The summed E-state index contributed by atoms with van der Waals surface area (Å²) in [5.41, 5.74) is 6.57. The molecule has 0 aliphatic carbocycles. The number of methoxy groups -OCH3 is 1. The van der Waals surface area contributed by atoms with Crippen molar-refractivity contribution in [2.45, 2.75) is 32.6 Å². The molecule has 0 aliphatic rings. The molecule has 0 radical (unpaired) electrons. The highest BCUT2D eigenvalue weighted by Crippen LogP contribution is 2.21. The minimum absolute atomic E-state index is 0.115. The normalized spacial score (nSPS) is 11.9. The zero-order valence-corrected chi connectivity index (χ0v) is 12.5. The van der Waals surface area contributed by atoms with Crippen LogP contribution in [0.3, 0.4) is 0 Å². The molecule has 4 nitrogen and oxygen atoms in total. The number of rotatable bonds is 9. The Hall–Kier alpha value is -1.55. The maximum absolute atomic E-state index is 11.8. The lowest BCUT2D eigenvalue weighted by Crippen LogP contribution is -2.26. The topological polar surface area (TPSA) is 64.3 Å². The number of benzene rings is 1. The van der Waals surface area contributed by atoms with Gasteiger partial charge in [-0.25, -0.2) is 0 Å². The van der Waals surface area contributed by atoms with Gasteiger partial charge in [-0.1, -0.05) is 25.1 Å². The van der Waals surface area contributed by atoms with Gasteiger partial charge in [-0.3, -0.25) is 4.79 Å². The summed E-state index contributed by atoms with van der Waals surface area (Å²) in [7, 11) is 1.67. The van der Waals surface area contributed by atoms with Crippen molar-refractivity contribution in [1.29, 1.82) is 0 Å². The Morgan fingerprint density at radius 1 is 1.35 bits per heavy atom. The summed E-state index contributed by atoms with van der Waals surface area (Å²) in [4.78, 5) is 11.8. The minimum atomic E-state index is 0.115. The highest BCUT2D eigenvalue weighted by Gasteiger charge is 2.11. The second-order valence-electron chi connectivity index (χ2n) is 5.17. The van der Waals surface area contributed by atoms with Gasteiger partial charge >= 0.3 is 0 Å². The Kier molecular flexibility index (Phi) is 7.73. The Morgan fingerprint density at radius 3 is 2.80 bits per heavy atom. The molecule has 0 spiro atoms. The summed E-state index contributed by atoms with van der Waals surface area (Å²) in [5.74, 6) is 1.30. The Balaban J connectivity index is 2.35. The van der Waals surface area contributed by atoms with Crippen LogP contribution in [0.15, 0.2) is 24.3 Å². The predicted molar refractivity (Wildman–Crippen MR) is 81.8 cm³/mol. The smallest absolute Gasteiger partial charge is 0.220 e. The zero-order chi connectivity index (χ0) is 14.8. The van der Waals surface area contributed by atoms with Crippen LogP contribution in [0.5, 0.6) is 5.75 Å². The first-order valence-electron chi connectivity index (χ1n) is 7.26. The molecule has 1 rings (SSSR count). The van der Waals surface area contributed by atoms with Crippen molar-refractivity contribution in [1.82, 2.24) is 5.32 Å². The summed E-state index contributed by atoms with van der Waals surface area (Å²) in [5, 5.41) is 2.94. The summed E-state index contributed by atoms with van der Waals surface area (Å²) in [6.07, 6.45) is 3.29. The van der Waals surface area contributed by atoms with Crippen LogP contribution in [0.4, 0.5) is 0 Å². The van der Waals surface area contributed by atoms with Crippen LogP contribution in [0, 0.1) is 5.92 Å². The molecule has 1 aromatic carbocycles. The van der Waals surface area contributed by atoms with Gasteiger partial charge in [-0.05, 0) is 43.4 Å². The zero-order valence-electron chi connectivity index (χ0n) is 12.5. The number of nitrogens with two attached hydrogens (primary N) is 1. The van der Waals surface area contributed by atoms with E-state index in [2.05, 4.69) is 18.3 Å². The molecule has 4 heteroatoms. The number of carbonyl (C=O) groups is 1. The molecule has 1 unspecified atom stereocenters. The molecule has 1 atom stereocenters. The number of carbonyl (C=O) groups excluding carboxylic acids is 1. The molecule has 1 amide bonds. The lowest BCUT2D eigenvalue weighted by molar-refractivity contribution is -0.121. The molecule has 112 valence electrons. The van der Waals surface area contributed by atoms with E-state index in [0.717, 1.165) is 37.1 Å². The summed E-state index contributed by atoms with van der Waals surface area (Å²) >= 11 is 0. The number of nitrogens with one attached hydrogen (secondary N) is 1. The van der Waals surface area contributed by atoms with E-state index in [9.17, 15) is 4.79 Å². The van der Waals surface area contributed by atoms with Crippen molar-refractivity contribution in [2.75, 3.05) is 20.2 Å². The largest absolute Gasteiger partial charge is 0.496 e. The van der Waals surface area contributed by atoms with Gasteiger partial charge in [0.05, 0.1) is 7.11 Å². The van der Waals surface area contributed by atoms with Crippen molar-refractivity contribution in [3.8, 4) is 5.75 Å². The van der Waals surface area contributed by atoms with E-state index >= 15 is 0 Å². The van der Waals surface area contributed by atoms with Gasteiger partial charge in [0.1, 0.15) is 5.75 Å². The van der Waals surface area contributed by atoms with E-state index in [1.54, 1.807) is 7.11 Å². The molecular formula is C16H26N2O2. The van der Waals surface area contributed by atoms with Gasteiger partial charge in [-0.15, -0.1) is 0 Å². The number of para-hydroxylation sites is 1. The second kappa shape index (κ2) is 9.37. The van der Waals surface area contributed by atoms with Gasteiger partial charge in [0, 0.05) is 13.0 Å². The molecule has 20 heavy (non-hydrogen) atoms. The van der Waals surface area contributed by atoms with Gasteiger partial charge in [0.15, 0.2) is 0 Å². The lowest BCUT2D eigenvalue weighted by atomic mass is 9.97. The maximum atomic E-state index is 11.8. The number of ether oxygens (including phenoxy) is 1. The average molecular weight is 278 g/mol. The minimum Gasteiger partial charge on any atom is -0.496 e. The van der Waals surface area contributed by atoms with Crippen LogP contribution in [0.2, 0.25) is 0 Å². The van der Waals surface area contributed by atoms with Crippen molar-refractivity contribution in [3.63, 3.8) is 0 Å². The molecule has 0 aliphatic heterocycles. The van der Waals surface area contributed by atoms with E-state index in [-0.39, 0.29) is 5.91 Å². The van der Waals surface area contributed by atoms with Gasteiger partial charge in [0.2, 0.25) is 5.91 Å². The molecule has 0 aromatic heterocycles. The Bertz CT molecular complexity index is 407. The number of hydrogen-bond acceptors (Lipinski definition) is 3. The van der Waals surface area contributed by atoms with E-state index in [1.165, 1.54) is 0 Å². The molecule has 0 saturated carbocycles. The van der Waals surface area contributed by atoms with Crippen LogP contribution >= 0.6 is 0 Å². The lowest BCUT2D eigenvalue weighted by Gasteiger charge is -2.14.